The Labute approximate surface area is 154 Å². The number of nitrogens with zero attached hydrogens (tertiary/aromatic N) is 1. The summed E-state index contributed by atoms with van der Waals surface area (Å²) >= 11 is 0. The van der Waals surface area contributed by atoms with Crippen LogP contribution in [-0.2, 0) is 0 Å². The molecule has 1 saturated heterocycles. The minimum Gasteiger partial charge on any atom is -0.504 e. The summed E-state index contributed by atoms with van der Waals surface area (Å²) in [5.41, 5.74) is 4.83. The van der Waals surface area contributed by atoms with Crippen LogP contribution in [0.3, 0.4) is 0 Å². The zero-order valence-electron chi connectivity index (χ0n) is 15.5. The third kappa shape index (κ3) is 2.95. The van der Waals surface area contributed by atoms with E-state index in [9.17, 15) is 5.11 Å². The summed E-state index contributed by atoms with van der Waals surface area (Å²) in [5, 5.41) is 11.6. The Kier molecular flexibility index (Phi) is 4.60. The number of hydrogen-bond donors (Lipinski definition) is 2. The molecule has 2 heterocycles. The molecule has 3 aromatic rings. The number of rotatable bonds is 4. The number of piperidine rings is 1. The van der Waals surface area contributed by atoms with Gasteiger partial charge in [-0.05, 0) is 61.7 Å². The van der Waals surface area contributed by atoms with E-state index in [2.05, 4.69) is 47.3 Å². The highest BCUT2D eigenvalue weighted by Crippen LogP contribution is 2.38. The molecule has 1 aliphatic heterocycles. The number of aryl methyl sites for hydroxylation is 1. The Bertz CT molecular complexity index is 910. The summed E-state index contributed by atoms with van der Waals surface area (Å²) in [6, 6.07) is 12.4. The summed E-state index contributed by atoms with van der Waals surface area (Å²) in [4.78, 5) is 6.01. The van der Waals surface area contributed by atoms with E-state index in [-0.39, 0.29) is 11.8 Å². The standard InChI is InChI=1S/C22H26N2O2/c1-15-7-6-8-17-18(14-23-21(15)17)22(24-11-4-3-5-12-24)16-9-10-20(26-2)19(25)13-16/h6-10,13-14,22-23,25H,3-5,11-12H2,1-2H3. The van der Waals surface area contributed by atoms with Crippen LogP contribution >= 0.6 is 0 Å². The number of aromatic amines is 1. The number of nitrogens with one attached hydrogen (secondary N) is 1. The molecule has 4 nitrogen and oxygen atoms in total. The molecule has 0 bridgehead atoms. The third-order valence-corrected chi connectivity index (χ3v) is 5.52. The molecule has 1 aliphatic rings. The fraction of sp³-hybridized carbons (Fsp3) is 0.364. The summed E-state index contributed by atoms with van der Waals surface area (Å²) in [6.45, 7) is 4.30. The average Bonchev–Trinajstić information content (AvgIpc) is 3.08. The maximum atomic E-state index is 10.3. The first-order valence-corrected chi connectivity index (χ1v) is 9.36. The van der Waals surface area contributed by atoms with Crippen LogP contribution < -0.4 is 4.74 Å². The maximum Gasteiger partial charge on any atom is 0.160 e. The van der Waals surface area contributed by atoms with Crippen molar-refractivity contribution in [2.45, 2.75) is 32.2 Å². The maximum absolute atomic E-state index is 10.3. The van der Waals surface area contributed by atoms with E-state index < -0.39 is 0 Å². The number of hydrogen-bond acceptors (Lipinski definition) is 3. The van der Waals surface area contributed by atoms with E-state index in [1.54, 1.807) is 7.11 Å². The second-order valence-corrected chi connectivity index (χ2v) is 7.17. The molecule has 2 N–H and O–H groups in total. The number of fused-ring (bicyclic) bond motifs is 1. The Morgan fingerprint density at radius 1 is 1.12 bits per heavy atom. The van der Waals surface area contributed by atoms with Crippen molar-refractivity contribution >= 4 is 10.9 Å². The van der Waals surface area contributed by atoms with E-state index in [0.29, 0.717) is 5.75 Å². The Morgan fingerprint density at radius 3 is 2.65 bits per heavy atom. The molecule has 136 valence electrons. The molecular weight excluding hydrogens is 324 g/mol. The fourth-order valence-corrected chi connectivity index (χ4v) is 4.19. The number of benzene rings is 2. The molecule has 1 fully saturated rings. The lowest BCUT2D eigenvalue weighted by Crippen LogP contribution is -2.34. The number of ether oxygens (including phenoxy) is 1. The topological polar surface area (TPSA) is 48.5 Å². The largest absolute Gasteiger partial charge is 0.504 e. The van der Waals surface area contributed by atoms with Crippen molar-refractivity contribution in [2.75, 3.05) is 20.2 Å². The van der Waals surface area contributed by atoms with Crippen molar-refractivity contribution in [1.29, 1.82) is 0 Å². The molecule has 2 aromatic carbocycles. The van der Waals surface area contributed by atoms with Gasteiger partial charge in [-0.15, -0.1) is 0 Å². The minimum atomic E-state index is 0.127. The number of phenols is 1. The number of phenolic OH excluding ortho intramolecular Hbond substituents is 1. The zero-order valence-corrected chi connectivity index (χ0v) is 15.5. The van der Waals surface area contributed by atoms with Gasteiger partial charge in [-0.1, -0.05) is 30.7 Å². The van der Waals surface area contributed by atoms with Gasteiger partial charge in [-0.25, -0.2) is 0 Å². The molecule has 0 saturated carbocycles. The van der Waals surface area contributed by atoms with E-state index in [0.717, 1.165) is 18.7 Å². The van der Waals surface area contributed by atoms with E-state index in [1.807, 2.05) is 12.1 Å². The number of aromatic hydroxyl groups is 1. The quantitative estimate of drug-likeness (QED) is 0.713. The van der Waals surface area contributed by atoms with Crippen molar-refractivity contribution in [3.8, 4) is 11.5 Å². The number of likely N-dealkylation sites (tertiary alicyclic amines) is 1. The molecule has 1 unspecified atom stereocenters. The molecule has 4 rings (SSSR count). The highest BCUT2D eigenvalue weighted by molar-refractivity contribution is 5.86. The molecule has 0 amide bonds. The van der Waals surface area contributed by atoms with Gasteiger partial charge >= 0.3 is 0 Å². The highest BCUT2D eigenvalue weighted by atomic mass is 16.5. The normalized spacial score (nSPS) is 16.7. The van der Waals surface area contributed by atoms with Crippen LogP contribution in [0.4, 0.5) is 0 Å². The molecule has 4 heteroatoms. The number of methoxy groups -OCH3 is 1. The smallest absolute Gasteiger partial charge is 0.160 e. The predicted octanol–water partition coefficient (Wildman–Crippen LogP) is 4.77. The van der Waals surface area contributed by atoms with Crippen molar-refractivity contribution in [3.63, 3.8) is 0 Å². The van der Waals surface area contributed by atoms with Crippen molar-refractivity contribution < 1.29 is 9.84 Å². The minimum absolute atomic E-state index is 0.127. The van der Waals surface area contributed by atoms with Crippen molar-refractivity contribution in [1.82, 2.24) is 9.88 Å². The van der Waals surface area contributed by atoms with Gasteiger partial charge in [-0.2, -0.15) is 0 Å². The lowest BCUT2D eigenvalue weighted by molar-refractivity contribution is 0.188. The van der Waals surface area contributed by atoms with Gasteiger partial charge in [0.2, 0.25) is 0 Å². The van der Waals surface area contributed by atoms with E-state index in [1.165, 1.54) is 41.3 Å². The van der Waals surface area contributed by atoms with Gasteiger partial charge in [0, 0.05) is 17.1 Å². The summed E-state index contributed by atoms with van der Waals surface area (Å²) in [6.07, 6.45) is 5.88. The molecular formula is C22H26N2O2. The van der Waals surface area contributed by atoms with Crippen LogP contribution in [-0.4, -0.2) is 35.2 Å². The zero-order chi connectivity index (χ0) is 18.1. The van der Waals surface area contributed by atoms with Crippen LogP contribution in [0.2, 0.25) is 0 Å². The number of para-hydroxylation sites is 1. The molecule has 0 aliphatic carbocycles. The van der Waals surface area contributed by atoms with Gasteiger partial charge in [-0.3, -0.25) is 4.90 Å². The van der Waals surface area contributed by atoms with E-state index in [4.69, 9.17) is 4.74 Å². The first kappa shape index (κ1) is 17.0. The third-order valence-electron chi connectivity index (χ3n) is 5.52. The number of aromatic nitrogens is 1. The van der Waals surface area contributed by atoms with Crippen LogP contribution in [0.1, 0.15) is 42.0 Å². The van der Waals surface area contributed by atoms with E-state index >= 15 is 0 Å². The van der Waals surface area contributed by atoms with Gasteiger partial charge in [0.1, 0.15) is 0 Å². The Hall–Kier alpha value is -2.46. The van der Waals surface area contributed by atoms with Crippen LogP contribution in [0.25, 0.3) is 10.9 Å². The summed E-state index contributed by atoms with van der Waals surface area (Å²) in [7, 11) is 1.58. The molecule has 0 spiro atoms. The average molecular weight is 350 g/mol. The molecule has 0 radical (unpaired) electrons. The van der Waals surface area contributed by atoms with Crippen LogP contribution in [0.15, 0.2) is 42.6 Å². The summed E-state index contributed by atoms with van der Waals surface area (Å²) < 4.78 is 5.23. The Balaban J connectivity index is 1.85. The molecule has 1 aromatic heterocycles. The number of H-pyrrole nitrogens is 1. The van der Waals surface area contributed by atoms with Gasteiger partial charge < -0.3 is 14.8 Å². The fourth-order valence-electron chi connectivity index (χ4n) is 4.19. The lowest BCUT2D eigenvalue weighted by atomic mass is 9.94. The van der Waals surface area contributed by atoms with Gasteiger partial charge in [0.05, 0.1) is 13.2 Å². The lowest BCUT2D eigenvalue weighted by Gasteiger charge is -2.35. The first-order chi connectivity index (χ1) is 12.7. The van der Waals surface area contributed by atoms with Gasteiger partial charge in [0.15, 0.2) is 11.5 Å². The summed E-state index contributed by atoms with van der Waals surface area (Å²) in [5.74, 6) is 0.712. The van der Waals surface area contributed by atoms with Crippen molar-refractivity contribution in [2.24, 2.45) is 0 Å². The van der Waals surface area contributed by atoms with Gasteiger partial charge in [0.25, 0.3) is 0 Å². The highest BCUT2D eigenvalue weighted by Gasteiger charge is 2.27. The first-order valence-electron chi connectivity index (χ1n) is 9.36. The van der Waals surface area contributed by atoms with Crippen LogP contribution in [0, 0.1) is 6.92 Å². The predicted molar refractivity (Wildman–Crippen MR) is 105 cm³/mol. The van der Waals surface area contributed by atoms with Crippen LogP contribution in [0.5, 0.6) is 11.5 Å². The molecule has 1 atom stereocenters. The Morgan fingerprint density at radius 2 is 1.92 bits per heavy atom. The van der Waals surface area contributed by atoms with Crippen molar-refractivity contribution in [3.05, 3.63) is 59.3 Å². The second kappa shape index (κ2) is 7.04. The monoisotopic (exact) mass is 350 g/mol. The molecule has 26 heavy (non-hydrogen) atoms. The second-order valence-electron chi connectivity index (χ2n) is 7.17. The SMILES string of the molecule is COc1ccc(C(c2c[nH]c3c(C)cccc23)N2CCCCC2)cc1O.